The Morgan fingerprint density at radius 2 is 1.65 bits per heavy atom. The highest BCUT2D eigenvalue weighted by Crippen LogP contribution is 2.21. The third-order valence-corrected chi connectivity index (χ3v) is 4.39. The molecule has 0 amide bonds. The van der Waals surface area contributed by atoms with Gasteiger partial charge in [0.1, 0.15) is 0 Å². The van der Waals surface area contributed by atoms with Crippen LogP contribution in [0.2, 0.25) is 0 Å². The molecule has 0 aliphatic carbocycles. The van der Waals surface area contributed by atoms with E-state index in [1.807, 2.05) is 36.4 Å². The molecule has 1 saturated heterocycles. The van der Waals surface area contributed by atoms with Crippen LogP contribution < -0.4 is 4.90 Å². The Hall–Kier alpha value is -2.09. The Balaban J connectivity index is 1.50. The minimum Gasteiger partial charge on any atom is -0.372 e. The number of carbonyl (C=O) groups is 1. The van der Waals surface area contributed by atoms with E-state index in [2.05, 4.69) is 30.4 Å². The first-order valence-electron chi connectivity index (χ1n) is 8.36. The molecule has 1 fully saturated rings. The number of Topliss-reactive ketones (excluding diaryl/α,β-unsaturated/α-hetero) is 1. The van der Waals surface area contributed by atoms with Crippen LogP contribution in [0, 0.1) is 13.3 Å². The second-order valence-corrected chi connectivity index (χ2v) is 6.15. The number of carbonyl (C=O) groups excluding carboxylic acids is 1. The highest BCUT2D eigenvalue weighted by Gasteiger charge is 2.13. The van der Waals surface area contributed by atoms with E-state index in [-0.39, 0.29) is 5.78 Å². The van der Waals surface area contributed by atoms with E-state index < -0.39 is 0 Å². The number of hydrogen-bond acceptors (Lipinski definition) is 2. The molecule has 2 aromatic rings. The predicted molar refractivity (Wildman–Crippen MR) is 95.8 cm³/mol. The summed E-state index contributed by atoms with van der Waals surface area (Å²) in [4.78, 5) is 14.7. The van der Waals surface area contributed by atoms with E-state index >= 15 is 0 Å². The van der Waals surface area contributed by atoms with Crippen molar-refractivity contribution in [2.75, 3.05) is 18.0 Å². The summed E-state index contributed by atoms with van der Waals surface area (Å²) in [5.41, 5.74) is 4.21. The van der Waals surface area contributed by atoms with Crippen LogP contribution >= 0.6 is 0 Å². The average molecular weight is 305 g/mol. The molecule has 23 heavy (non-hydrogen) atoms. The maximum atomic E-state index is 12.3. The quantitative estimate of drug-likeness (QED) is 0.722. The summed E-state index contributed by atoms with van der Waals surface area (Å²) in [6.45, 7) is 6.14. The molecule has 1 heterocycles. The molecular formula is C21H23NO. The summed E-state index contributed by atoms with van der Waals surface area (Å²) < 4.78 is 0. The second-order valence-electron chi connectivity index (χ2n) is 6.15. The maximum absolute atomic E-state index is 12.3. The average Bonchev–Trinajstić information content (AvgIpc) is 3.11. The van der Waals surface area contributed by atoms with E-state index in [1.165, 1.54) is 18.5 Å². The molecule has 0 aromatic heterocycles. The Labute approximate surface area is 139 Å². The summed E-state index contributed by atoms with van der Waals surface area (Å²) in [6.07, 6.45) is 5.96. The van der Waals surface area contributed by atoms with Gasteiger partial charge >= 0.3 is 0 Å². The van der Waals surface area contributed by atoms with Crippen molar-refractivity contribution in [3.05, 3.63) is 78.6 Å². The summed E-state index contributed by atoms with van der Waals surface area (Å²) in [5.74, 6) is 0.211. The van der Waals surface area contributed by atoms with Crippen LogP contribution in [0.1, 0.15) is 47.2 Å². The molecule has 2 heteroatoms. The molecule has 1 aliphatic rings. The molecule has 0 unspecified atom stereocenters. The van der Waals surface area contributed by atoms with Crippen molar-refractivity contribution in [1.82, 2.24) is 0 Å². The molecule has 2 aromatic carbocycles. The third-order valence-electron chi connectivity index (χ3n) is 4.39. The van der Waals surface area contributed by atoms with Gasteiger partial charge in [0.25, 0.3) is 0 Å². The largest absolute Gasteiger partial charge is 0.372 e. The van der Waals surface area contributed by atoms with Crippen LogP contribution in [0.3, 0.4) is 0 Å². The summed E-state index contributed by atoms with van der Waals surface area (Å²) >= 11 is 0. The highest BCUT2D eigenvalue weighted by atomic mass is 16.1. The summed E-state index contributed by atoms with van der Waals surface area (Å²) in [7, 11) is 0. The number of hydrogen-bond donors (Lipinski definition) is 0. The van der Waals surface area contributed by atoms with Gasteiger partial charge in [-0.1, -0.05) is 24.3 Å². The van der Waals surface area contributed by atoms with Gasteiger partial charge in [-0.25, -0.2) is 0 Å². The van der Waals surface area contributed by atoms with E-state index in [0.717, 1.165) is 36.2 Å². The van der Waals surface area contributed by atoms with E-state index in [0.29, 0.717) is 6.42 Å². The van der Waals surface area contributed by atoms with Gasteiger partial charge in [-0.2, -0.15) is 0 Å². The van der Waals surface area contributed by atoms with Gasteiger partial charge in [0.15, 0.2) is 5.78 Å². The molecule has 118 valence electrons. The molecule has 3 rings (SSSR count). The van der Waals surface area contributed by atoms with E-state index in [9.17, 15) is 4.79 Å². The number of anilines is 1. The summed E-state index contributed by atoms with van der Waals surface area (Å²) in [5, 5.41) is 0. The van der Waals surface area contributed by atoms with Crippen LogP contribution in [-0.2, 0) is 0 Å². The van der Waals surface area contributed by atoms with Gasteiger partial charge in [-0.15, -0.1) is 0 Å². The van der Waals surface area contributed by atoms with Crippen molar-refractivity contribution in [2.24, 2.45) is 0 Å². The Bertz CT molecular complexity index is 637. The Morgan fingerprint density at radius 3 is 2.30 bits per heavy atom. The number of nitrogens with zero attached hydrogens (tertiary/aromatic N) is 1. The topological polar surface area (TPSA) is 20.3 Å². The number of benzene rings is 2. The molecular weight excluding hydrogens is 282 g/mol. The van der Waals surface area contributed by atoms with Crippen molar-refractivity contribution in [3.63, 3.8) is 0 Å². The first kappa shape index (κ1) is 15.8. The SMILES string of the molecule is [CH2]c1ccc([CH]CCC(=O)c2ccc(N3CCCC3)cc2)cc1. The lowest BCUT2D eigenvalue weighted by Gasteiger charge is -2.17. The van der Waals surface area contributed by atoms with Crippen LogP contribution in [0.4, 0.5) is 5.69 Å². The zero-order chi connectivity index (χ0) is 16.1. The highest BCUT2D eigenvalue weighted by molar-refractivity contribution is 5.96. The Kier molecular flexibility index (Phi) is 5.12. The molecule has 2 radical (unpaired) electrons. The zero-order valence-corrected chi connectivity index (χ0v) is 13.5. The third kappa shape index (κ3) is 4.22. The van der Waals surface area contributed by atoms with Crippen molar-refractivity contribution in [2.45, 2.75) is 25.7 Å². The van der Waals surface area contributed by atoms with Crippen molar-refractivity contribution >= 4 is 11.5 Å². The lowest BCUT2D eigenvalue weighted by Crippen LogP contribution is -2.17. The van der Waals surface area contributed by atoms with Crippen LogP contribution in [0.15, 0.2) is 48.5 Å². The van der Waals surface area contributed by atoms with E-state index in [4.69, 9.17) is 0 Å². The first-order chi connectivity index (χ1) is 11.2. The molecule has 2 nitrogen and oxygen atoms in total. The molecule has 1 aliphatic heterocycles. The van der Waals surface area contributed by atoms with Gasteiger partial charge < -0.3 is 4.90 Å². The standard InChI is InChI=1S/C21H23NO/c1-17-7-9-18(10-8-17)5-4-6-21(23)19-11-13-20(14-12-19)22-15-2-3-16-22/h5,7-14H,1-4,6,15-16H2. The van der Waals surface area contributed by atoms with Crippen LogP contribution in [0.25, 0.3) is 0 Å². The minimum absolute atomic E-state index is 0.211. The first-order valence-corrected chi connectivity index (χ1v) is 8.36. The lowest BCUT2D eigenvalue weighted by molar-refractivity contribution is 0.0983. The molecule has 0 N–H and O–H groups in total. The van der Waals surface area contributed by atoms with Gasteiger partial charge in [-0.3, -0.25) is 4.79 Å². The van der Waals surface area contributed by atoms with Crippen molar-refractivity contribution in [3.8, 4) is 0 Å². The van der Waals surface area contributed by atoms with Crippen molar-refractivity contribution < 1.29 is 4.79 Å². The number of ketones is 1. The normalized spacial score (nSPS) is 14.2. The van der Waals surface area contributed by atoms with E-state index in [1.54, 1.807) is 0 Å². The lowest BCUT2D eigenvalue weighted by atomic mass is 10.0. The van der Waals surface area contributed by atoms with Crippen LogP contribution in [0.5, 0.6) is 0 Å². The Morgan fingerprint density at radius 1 is 1.00 bits per heavy atom. The van der Waals surface area contributed by atoms with Gasteiger partial charge in [-0.05, 0) is 68.0 Å². The maximum Gasteiger partial charge on any atom is 0.162 e. The van der Waals surface area contributed by atoms with Gasteiger partial charge in [0.2, 0.25) is 0 Å². The fourth-order valence-electron chi connectivity index (χ4n) is 3.00. The minimum atomic E-state index is 0.211. The van der Waals surface area contributed by atoms with Gasteiger partial charge in [0.05, 0.1) is 0 Å². The molecule has 0 saturated carbocycles. The molecule has 0 bridgehead atoms. The van der Waals surface area contributed by atoms with Crippen molar-refractivity contribution in [1.29, 1.82) is 0 Å². The zero-order valence-electron chi connectivity index (χ0n) is 13.5. The molecule has 0 spiro atoms. The fraction of sp³-hybridized carbons (Fsp3) is 0.286. The summed E-state index contributed by atoms with van der Waals surface area (Å²) in [6, 6.07) is 16.1. The predicted octanol–water partition coefficient (Wildman–Crippen LogP) is 4.68. The second kappa shape index (κ2) is 7.45. The number of rotatable bonds is 6. The monoisotopic (exact) mass is 305 g/mol. The fourth-order valence-corrected chi connectivity index (χ4v) is 3.00. The smallest absolute Gasteiger partial charge is 0.162 e. The van der Waals surface area contributed by atoms with Gasteiger partial charge in [0, 0.05) is 30.8 Å². The van der Waals surface area contributed by atoms with Crippen LogP contribution in [-0.4, -0.2) is 18.9 Å². The molecule has 0 atom stereocenters.